The Labute approximate surface area is 215 Å². The highest BCUT2D eigenvalue weighted by atomic mass is 79.9. The summed E-state index contributed by atoms with van der Waals surface area (Å²) in [7, 11) is 0. The van der Waals surface area contributed by atoms with Crippen molar-refractivity contribution in [2.75, 3.05) is 13.2 Å². The second-order valence-electron chi connectivity index (χ2n) is 10.6. The van der Waals surface area contributed by atoms with Crippen LogP contribution in [0.5, 0.6) is 0 Å². The van der Waals surface area contributed by atoms with E-state index >= 15 is 0 Å². The molecule has 0 saturated carbocycles. The van der Waals surface area contributed by atoms with E-state index in [1.165, 1.54) is 5.56 Å². The molecular formula is C27H35Br2NO3. The number of ether oxygens (including phenoxy) is 1. The van der Waals surface area contributed by atoms with E-state index in [-0.39, 0.29) is 36.2 Å². The summed E-state index contributed by atoms with van der Waals surface area (Å²) in [5.74, 6) is -0.314. The normalized spacial score (nSPS) is 12.8. The van der Waals surface area contributed by atoms with Crippen molar-refractivity contribution in [2.24, 2.45) is 11.3 Å². The molecule has 0 spiro atoms. The molecular weight excluding hydrogens is 546 g/mol. The summed E-state index contributed by atoms with van der Waals surface area (Å²) in [6, 6.07) is 14.4. The molecule has 2 rings (SSSR count). The number of esters is 1. The molecule has 1 unspecified atom stereocenters. The molecule has 1 amide bonds. The fourth-order valence-corrected chi connectivity index (χ4v) is 4.68. The van der Waals surface area contributed by atoms with Crippen molar-refractivity contribution < 1.29 is 14.3 Å². The SMILES string of the molecule is CC(C)(C)C(=O)OCC(CNC(=O)Cc1cc(Br)cc(Br)c1)Cc1ccc(C(C)(C)C)cc1. The maximum absolute atomic E-state index is 12.6. The second-order valence-corrected chi connectivity index (χ2v) is 12.5. The van der Waals surface area contributed by atoms with Crippen molar-refractivity contribution >= 4 is 43.7 Å². The largest absolute Gasteiger partial charge is 0.465 e. The van der Waals surface area contributed by atoms with Crippen molar-refractivity contribution in [1.82, 2.24) is 5.32 Å². The molecule has 0 fully saturated rings. The van der Waals surface area contributed by atoms with E-state index in [9.17, 15) is 9.59 Å². The molecule has 0 heterocycles. The lowest BCUT2D eigenvalue weighted by Crippen LogP contribution is -2.35. The van der Waals surface area contributed by atoms with Gasteiger partial charge in [0.1, 0.15) is 0 Å². The van der Waals surface area contributed by atoms with Crippen LogP contribution < -0.4 is 5.32 Å². The Hall–Kier alpha value is -1.66. The van der Waals surface area contributed by atoms with E-state index in [0.717, 1.165) is 20.1 Å². The minimum atomic E-state index is -0.559. The smallest absolute Gasteiger partial charge is 0.311 e. The highest BCUT2D eigenvalue weighted by Crippen LogP contribution is 2.24. The van der Waals surface area contributed by atoms with Gasteiger partial charge in [-0.25, -0.2) is 0 Å². The van der Waals surface area contributed by atoms with E-state index in [4.69, 9.17) is 4.74 Å². The number of amides is 1. The first-order chi connectivity index (χ1) is 15.2. The van der Waals surface area contributed by atoms with Gasteiger partial charge in [0, 0.05) is 21.4 Å². The Balaban J connectivity index is 2.04. The lowest BCUT2D eigenvalue weighted by atomic mass is 9.86. The number of carbonyl (C=O) groups excluding carboxylic acids is 2. The van der Waals surface area contributed by atoms with Crippen molar-refractivity contribution in [3.63, 3.8) is 0 Å². The van der Waals surface area contributed by atoms with Crippen molar-refractivity contribution in [1.29, 1.82) is 0 Å². The highest BCUT2D eigenvalue weighted by molar-refractivity contribution is 9.11. The van der Waals surface area contributed by atoms with Gasteiger partial charge in [0.2, 0.25) is 5.91 Å². The van der Waals surface area contributed by atoms with Gasteiger partial charge in [0.25, 0.3) is 0 Å². The van der Waals surface area contributed by atoms with Crippen LogP contribution in [0, 0.1) is 11.3 Å². The first-order valence-electron chi connectivity index (χ1n) is 11.2. The van der Waals surface area contributed by atoms with Gasteiger partial charge in [0.05, 0.1) is 18.4 Å². The topological polar surface area (TPSA) is 55.4 Å². The number of hydrogen-bond donors (Lipinski definition) is 1. The summed E-state index contributed by atoms with van der Waals surface area (Å²) in [5, 5.41) is 3.03. The monoisotopic (exact) mass is 579 g/mol. The Kier molecular flexibility index (Phi) is 9.74. The summed E-state index contributed by atoms with van der Waals surface area (Å²) in [6.45, 7) is 12.8. The van der Waals surface area contributed by atoms with Crippen LogP contribution in [-0.4, -0.2) is 25.0 Å². The number of hydrogen-bond acceptors (Lipinski definition) is 3. The Morgan fingerprint density at radius 1 is 0.909 bits per heavy atom. The quantitative estimate of drug-likeness (QED) is 0.357. The molecule has 0 aromatic heterocycles. The van der Waals surface area contributed by atoms with Gasteiger partial charge in [-0.15, -0.1) is 0 Å². The second kappa shape index (κ2) is 11.7. The third kappa shape index (κ3) is 9.62. The molecule has 2 aromatic carbocycles. The molecule has 0 aliphatic heterocycles. The fourth-order valence-electron chi connectivity index (χ4n) is 3.29. The van der Waals surface area contributed by atoms with E-state index in [1.807, 2.05) is 39.0 Å². The number of benzene rings is 2. The summed E-state index contributed by atoms with van der Waals surface area (Å²) in [5.41, 5.74) is 2.88. The van der Waals surface area contributed by atoms with Crippen LogP contribution in [0.4, 0.5) is 0 Å². The number of rotatable bonds is 8. The first-order valence-corrected chi connectivity index (χ1v) is 12.8. The molecule has 1 atom stereocenters. The lowest BCUT2D eigenvalue weighted by Gasteiger charge is -2.23. The zero-order valence-corrected chi connectivity index (χ0v) is 23.6. The average Bonchev–Trinajstić information content (AvgIpc) is 2.68. The minimum absolute atomic E-state index is 0.0185. The van der Waals surface area contributed by atoms with Crippen molar-refractivity contribution in [2.45, 2.75) is 59.8 Å². The van der Waals surface area contributed by atoms with E-state index in [0.29, 0.717) is 13.0 Å². The third-order valence-corrected chi connectivity index (χ3v) is 6.20. The van der Waals surface area contributed by atoms with Gasteiger partial charge in [0.15, 0.2) is 0 Å². The number of nitrogens with one attached hydrogen (secondary N) is 1. The Morgan fingerprint density at radius 3 is 2.00 bits per heavy atom. The predicted molar refractivity (Wildman–Crippen MR) is 141 cm³/mol. The molecule has 180 valence electrons. The Morgan fingerprint density at radius 2 is 1.48 bits per heavy atom. The van der Waals surface area contributed by atoms with Crippen LogP contribution in [0.2, 0.25) is 0 Å². The highest BCUT2D eigenvalue weighted by Gasteiger charge is 2.24. The van der Waals surface area contributed by atoms with Crippen LogP contribution >= 0.6 is 31.9 Å². The van der Waals surface area contributed by atoms with Gasteiger partial charge >= 0.3 is 5.97 Å². The molecule has 2 aromatic rings. The van der Waals surface area contributed by atoms with E-state index in [1.54, 1.807) is 0 Å². The van der Waals surface area contributed by atoms with Crippen LogP contribution in [0.25, 0.3) is 0 Å². The minimum Gasteiger partial charge on any atom is -0.465 e. The number of carbonyl (C=O) groups is 2. The predicted octanol–water partition coefficient (Wildman–Crippen LogP) is 6.62. The summed E-state index contributed by atoms with van der Waals surface area (Å²) < 4.78 is 7.44. The van der Waals surface area contributed by atoms with Crippen molar-refractivity contribution in [3.05, 3.63) is 68.1 Å². The van der Waals surface area contributed by atoms with Crippen LogP contribution in [0.15, 0.2) is 51.4 Å². The molecule has 1 N–H and O–H groups in total. The molecule has 6 heteroatoms. The van der Waals surface area contributed by atoms with Crippen LogP contribution in [0.1, 0.15) is 58.2 Å². The maximum Gasteiger partial charge on any atom is 0.311 e. The number of halogens is 2. The van der Waals surface area contributed by atoms with E-state index < -0.39 is 5.41 Å². The third-order valence-electron chi connectivity index (χ3n) is 5.28. The molecule has 0 aliphatic carbocycles. The first kappa shape index (κ1) is 27.6. The van der Waals surface area contributed by atoms with Gasteiger partial charge in [-0.2, -0.15) is 0 Å². The summed E-state index contributed by atoms with van der Waals surface area (Å²) in [6.07, 6.45) is 0.997. The van der Waals surface area contributed by atoms with Crippen molar-refractivity contribution in [3.8, 4) is 0 Å². The summed E-state index contributed by atoms with van der Waals surface area (Å²) in [4.78, 5) is 24.9. The molecule has 0 radical (unpaired) electrons. The molecule has 0 aliphatic rings. The maximum atomic E-state index is 12.6. The average molecular weight is 581 g/mol. The van der Waals surface area contributed by atoms with Gasteiger partial charge in [-0.3, -0.25) is 9.59 Å². The standard InChI is InChI=1S/C27H35Br2NO3/c1-26(2,3)21-9-7-18(8-10-21)11-20(17-33-25(32)27(4,5)6)16-30-24(31)14-19-12-22(28)15-23(29)13-19/h7-10,12-13,15,20H,11,14,16-17H2,1-6H3,(H,30,31). The van der Waals surface area contributed by atoms with Crippen LogP contribution in [-0.2, 0) is 32.6 Å². The molecule has 33 heavy (non-hydrogen) atoms. The molecule has 4 nitrogen and oxygen atoms in total. The fraction of sp³-hybridized carbons (Fsp3) is 0.481. The summed E-state index contributed by atoms with van der Waals surface area (Å²) >= 11 is 6.92. The van der Waals surface area contributed by atoms with Gasteiger partial charge in [-0.1, -0.05) is 76.9 Å². The van der Waals surface area contributed by atoms with Gasteiger partial charge in [-0.05, 0) is 67.5 Å². The Bertz CT molecular complexity index is 937. The van der Waals surface area contributed by atoms with Crippen LogP contribution in [0.3, 0.4) is 0 Å². The van der Waals surface area contributed by atoms with Gasteiger partial charge < -0.3 is 10.1 Å². The lowest BCUT2D eigenvalue weighted by molar-refractivity contribution is -0.154. The zero-order valence-electron chi connectivity index (χ0n) is 20.4. The molecule has 0 saturated heterocycles. The zero-order chi connectivity index (χ0) is 24.8. The van der Waals surface area contributed by atoms with E-state index in [2.05, 4.69) is 82.2 Å². The molecule has 0 bridgehead atoms.